The molecule has 0 bridgehead atoms. The van der Waals surface area contributed by atoms with E-state index in [9.17, 15) is 14.4 Å². The molecule has 0 unspecified atom stereocenters. The maximum Gasteiger partial charge on any atom is 0.325 e. The van der Waals surface area contributed by atoms with Gasteiger partial charge in [0.05, 0.1) is 10.9 Å². The Morgan fingerprint density at radius 2 is 1.59 bits per heavy atom. The van der Waals surface area contributed by atoms with Crippen molar-refractivity contribution in [2.75, 3.05) is 6.54 Å². The Morgan fingerprint density at radius 3 is 2.31 bits per heavy atom. The maximum atomic E-state index is 12.9. The fourth-order valence-corrected chi connectivity index (χ4v) is 3.39. The third kappa shape index (κ3) is 4.44. The first-order chi connectivity index (χ1) is 15.5. The molecule has 0 aliphatic heterocycles. The van der Waals surface area contributed by atoms with Crippen molar-refractivity contribution < 1.29 is 18.7 Å². The van der Waals surface area contributed by atoms with E-state index in [1.165, 1.54) is 0 Å². The van der Waals surface area contributed by atoms with Gasteiger partial charge in [-0.15, -0.1) is 0 Å². The largest absolute Gasteiger partial charge is 0.460 e. The Balaban J connectivity index is 1.56. The molecule has 1 amide bonds. The summed E-state index contributed by atoms with van der Waals surface area (Å²) in [6.45, 7) is 1.52. The minimum Gasteiger partial charge on any atom is -0.460 e. The number of ether oxygens (including phenoxy) is 1. The molecule has 0 spiro atoms. The van der Waals surface area contributed by atoms with Gasteiger partial charge in [-0.25, -0.2) is 0 Å². The Kier molecular flexibility index (Phi) is 6.12. The zero-order valence-electron chi connectivity index (χ0n) is 17.5. The van der Waals surface area contributed by atoms with Crippen LogP contribution in [0.15, 0.2) is 88.1 Å². The molecule has 3 aromatic carbocycles. The van der Waals surface area contributed by atoms with Gasteiger partial charge in [-0.1, -0.05) is 66.7 Å². The molecule has 1 heterocycles. The molecule has 0 fully saturated rings. The Hall–Kier alpha value is -4.19. The van der Waals surface area contributed by atoms with Gasteiger partial charge in [0, 0.05) is 11.1 Å². The Bertz CT molecular complexity index is 1330. The number of benzene rings is 3. The van der Waals surface area contributed by atoms with Crippen molar-refractivity contribution in [3.05, 3.63) is 106 Å². The second-order valence-electron chi connectivity index (χ2n) is 7.26. The van der Waals surface area contributed by atoms with E-state index >= 15 is 0 Å². The number of esters is 1. The van der Waals surface area contributed by atoms with Crippen molar-refractivity contribution in [2.45, 2.75) is 13.5 Å². The number of rotatable bonds is 6. The first kappa shape index (κ1) is 21.1. The number of hydrogen-bond acceptors (Lipinski definition) is 5. The zero-order valence-corrected chi connectivity index (χ0v) is 17.5. The molecule has 4 rings (SSSR count). The van der Waals surface area contributed by atoms with Crippen molar-refractivity contribution in [1.82, 2.24) is 5.32 Å². The third-order valence-corrected chi connectivity index (χ3v) is 5.06. The predicted octanol–water partition coefficient (Wildman–Crippen LogP) is 4.24. The average molecular weight is 427 g/mol. The summed E-state index contributed by atoms with van der Waals surface area (Å²) >= 11 is 0. The van der Waals surface area contributed by atoms with E-state index in [0.29, 0.717) is 16.7 Å². The molecule has 160 valence electrons. The molecule has 0 aliphatic carbocycles. The first-order valence-corrected chi connectivity index (χ1v) is 10.1. The molecule has 6 heteroatoms. The number of nitrogens with one attached hydrogen (secondary N) is 1. The predicted molar refractivity (Wildman–Crippen MR) is 121 cm³/mol. The third-order valence-electron chi connectivity index (χ3n) is 5.06. The van der Waals surface area contributed by atoms with E-state index in [4.69, 9.17) is 9.15 Å². The molecule has 1 aromatic heterocycles. The van der Waals surface area contributed by atoms with E-state index in [1.54, 1.807) is 25.1 Å². The molecule has 32 heavy (non-hydrogen) atoms. The topological polar surface area (TPSA) is 85.6 Å². The quantitative estimate of drug-likeness (QED) is 0.465. The summed E-state index contributed by atoms with van der Waals surface area (Å²) < 4.78 is 11.2. The minimum atomic E-state index is -0.565. The highest BCUT2D eigenvalue weighted by molar-refractivity contribution is 6.05. The fraction of sp³-hybridized carbons (Fsp3) is 0.115. The molecule has 0 aliphatic rings. The number of carbonyl (C=O) groups is 2. The Labute approximate surface area is 184 Å². The fourth-order valence-electron chi connectivity index (χ4n) is 3.39. The normalized spacial score (nSPS) is 10.7. The van der Waals surface area contributed by atoms with E-state index in [0.717, 1.165) is 11.1 Å². The SMILES string of the molecule is Cc1c(-c2ccccc2)oc2c(C(=O)NCC(=O)OCc3ccccc3)cccc2c1=O. The summed E-state index contributed by atoms with van der Waals surface area (Å²) in [5, 5.41) is 2.85. The summed E-state index contributed by atoms with van der Waals surface area (Å²) in [5.74, 6) is -0.686. The molecular weight excluding hydrogens is 406 g/mol. The van der Waals surface area contributed by atoms with Gasteiger partial charge < -0.3 is 14.5 Å². The molecule has 0 atom stereocenters. The van der Waals surface area contributed by atoms with Crippen LogP contribution in [0.1, 0.15) is 21.5 Å². The van der Waals surface area contributed by atoms with Crippen molar-refractivity contribution in [1.29, 1.82) is 0 Å². The minimum absolute atomic E-state index is 0.123. The number of amides is 1. The molecule has 6 nitrogen and oxygen atoms in total. The molecule has 0 saturated carbocycles. The highest BCUT2D eigenvalue weighted by Crippen LogP contribution is 2.27. The van der Waals surface area contributed by atoms with Crippen LogP contribution in [0.5, 0.6) is 0 Å². The van der Waals surface area contributed by atoms with Crippen molar-refractivity contribution in [3.63, 3.8) is 0 Å². The molecule has 1 N–H and O–H groups in total. The standard InChI is InChI=1S/C26H21NO5/c1-17-23(29)20-13-8-14-21(25(20)32-24(17)19-11-6-3-7-12-19)26(30)27-15-22(28)31-16-18-9-4-2-5-10-18/h2-14H,15-16H2,1H3,(H,27,30). The monoisotopic (exact) mass is 427 g/mol. The smallest absolute Gasteiger partial charge is 0.325 e. The molecule has 4 aromatic rings. The maximum absolute atomic E-state index is 12.9. The van der Waals surface area contributed by atoms with Gasteiger partial charge in [0.2, 0.25) is 0 Å². The van der Waals surface area contributed by atoms with E-state index in [-0.39, 0.29) is 29.7 Å². The van der Waals surface area contributed by atoms with Crippen molar-refractivity contribution in [2.24, 2.45) is 0 Å². The van der Waals surface area contributed by atoms with Gasteiger partial charge in [0.1, 0.15) is 18.9 Å². The second kappa shape index (κ2) is 9.31. The van der Waals surface area contributed by atoms with Crippen molar-refractivity contribution >= 4 is 22.8 Å². The highest BCUT2D eigenvalue weighted by atomic mass is 16.5. The van der Waals surface area contributed by atoms with Crippen LogP contribution in [0.2, 0.25) is 0 Å². The zero-order chi connectivity index (χ0) is 22.5. The van der Waals surface area contributed by atoms with E-state index in [1.807, 2.05) is 60.7 Å². The summed E-state index contributed by atoms with van der Waals surface area (Å²) in [7, 11) is 0. The summed E-state index contributed by atoms with van der Waals surface area (Å²) in [6.07, 6.45) is 0. The van der Waals surface area contributed by atoms with Crippen LogP contribution in [-0.2, 0) is 16.1 Å². The van der Waals surface area contributed by atoms with Gasteiger partial charge in [-0.05, 0) is 24.6 Å². The number of fused-ring (bicyclic) bond motifs is 1. The molecular formula is C26H21NO5. The number of para-hydroxylation sites is 1. The lowest BCUT2D eigenvalue weighted by Gasteiger charge is -2.11. The Morgan fingerprint density at radius 1 is 0.906 bits per heavy atom. The number of carbonyl (C=O) groups excluding carboxylic acids is 2. The summed E-state index contributed by atoms with van der Waals surface area (Å²) in [5.41, 5.74) is 2.20. The van der Waals surface area contributed by atoms with Gasteiger partial charge in [-0.3, -0.25) is 14.4 Å². The summed E-state index contributed by atoms with van der Waals surface area (Å²) in [4.78, 5) is 37.8. The first-order valence-electron chi connectivity index (χ1n) is 10.1. The highest BCUT2D eigenvalue weighted by Gasteiger charge is 2.19. The number of hydrogen-bond donors (Lipinski definition) is 1. The van der Waals surface area contributed by atoms with Crippen LogP contribution in [0, 0.1) is 6.92 Å². The average Bonchev–Trinajstić information content (AvgIpc) is 2.84. The van der Waals surface area contributed by atoms with E-state index in [2.05, 4.69) is 5.32 Å². The van der Waals surface area contributed by atoms with Gasteiger partial charge in [0.25, 0.3) is 5.91 Å². The lowest BCUT2D eigenvalue weighted by Crippen LogP contribution is -2.30. The van der Waals surface area contributed by atoms with Crippen LogP contribution in [0.25, 0.3) is 22.3 Å². The van der Waals surface area contributed by atoms with Crippen LogP contribution in [0.4, 0.5) is 0 Å². The molecule has 0 saturated heterocycles. The lowest BCUT2D eigenvalue weighted by atomic mass is 10.0. The lowest BCUT2D eigenvalue weighted by molar-refractivity contribution is -0.143. The van der Waals surface area contributed by atoms with Gasteiger partial charge in [-0.2, -0.15) is 0 Å². The van der Waals surface area contributed by atoms with Crippen LogP contribution < -0.4 is 10.7 Å². The van der Waals surface area contributed by atoms with Gasteiger partial charge >= 0.3 is 5.97 Å². The molecule has 0 radical (unpaired) electrons. The summed E-state index contributed by atoms with van der Waals surface area (Å²) in [6, 6.07) is 23.3. The van der Waals surface area contributed by atoms with Gasteiger partial charge in [0.15, 0.2) is 11.0 Å². The second-order valence-corrected chi connectivity index (χ2v) is 7.26. The van der Waals surface area contributed by atoms with Crippen LogP contribution >= 0.6 is 0 Å². The van der Waals surface area contributed by atoms with Crippen LogP contribution in [-0.4, -0.2) is 18.4 Å². The van der Waals surface area contributed by atoms with Crippen LogP contribution in [0.3, 0.4) is 0 Å². The van der Waals surface area contributed by atoms with E-state index < -0.39 is 11.9 Å². The van der Waals surface area contributed by atoms with Crippen molar-refractivity contribution in [3.8, 4) is 11.3 Å².